The summed E-state index contributed by atoms with van der Waals surface area (Å²) in [6.45, 7) is 34.6. The van der Waals surface area contributed by atoms with Crippen LogP contribution in [-0.2, 0) is 37.9 Å². The third kappa shape index (κ3) is 6.59. The van der Waals surface area contributed by atoms with E-state index in [1.54, 1.807) is 0 Å². The van der Waals surface area contributed by atoms with Crippen LogP contribution in [0.3, 0.4) is 0 Å². The minimum absolute atomic E-state index is 0.0797. The first-order chi connectivity index (χ1) is 46.4. The Morgan fingerprint density at radius 3 is 0.557 bits per heavy atom. The molecule has 0 saturated carbocycles. The Morgan fingerprint density at radius 1 is 0.134 bits per heavy atom. The van der Waals surface area contributed by atoms with E-state index in [9.17, 15) is 0 Å². The van der Waals surface area contributed by atoms with Crippen molar-refractivity contribution in [1.82, 2.24) is 0 Å². The van der Waals surface area contributed by atoms with Crippen LogP contribution in [0.5, 0.6) is 0 Å². The lowest BCUT2D eigenvalue weighted by Gasteiger charge is -2.26. The van der Waals surface area contributed by atoms with E-state index in [-0.39, 0.29) is 37.9 Å². The summed E-state index contributed by atoms with van der Waals surface area (Å²) in [5, 5.41) is 10.6. The Morgan fingerprint density at radius 2 is 0.299 bits per heavy atom. The molecule has 14 aromatic carbocycles. The monoisotopic (exact) mass is 1240 g/mol. The van der Waals surface area contributed by atoms with Crippen molar-refractivity contribution in [2.45, 2.75) is 135 Å². The highest BCUT2D eigenvalue weighted by atomic mass is 14.5. The second kappa shape index (κ2) is 17.6. The fraction of sp³-hybridized carbons (Fsp3) is 0.216. The summed E-state index contributed by atoms with van der Waals surface area (Å²) < 4.78 is 0. The molecular formula is C97H78. The lowest BCUT2D eigenvalue weighted by molar-refractivity contribution is 0.649. The summed E-state index contributed by atoms with van der Waals surface area (Å²) in [5.74, 6) is 0. The van der Waals surface area contributed by atoms with Gasteiger partial charge in [0.2, 0.25) is 0 Å². The Labute approximate surface area is 570 Å². The van der Waals surface area contributed by atoms with Crippen LogP contribution in [0.1, 0.15) is 175 Å². The third-order valence-electron chi connectivity index (χ3n) is 26.6. The first-order valence-electron chi connectivity index (χ1n) is 35.6. The SMILES string of the molecule is CC1(C)c2ccccc2-c2cc3c(cc21)-c1c(cc(-c2cc4c(c5ccccc25)-c2cc5c(cc2C4(C)C)-c2cc4c(cc2C5(C)C)-c2c(cc(-c5cc6c(c7ccccc57)-c5cc7c(cc5C6(C)C)-c5ccccc5C7(C)C)c5ccccc25)C4(C)C)c2ccccc12)C3(C)C. The number of hydrogen-bond donors (Lipinski definition) is 0. The number of rotatable bonds is 2. The van der Waals surface area contributed by atoms with E-state index in [0.29, 0.717) is 0 Å². The number of hydrogen-bond acceptors (Lipinski definition) is 0. The van der Waals surface area contributed by atoms with Crippen molar-refractivity contribution >= 4 is 43.1 Å². The fourth-order valence-electron chi connectivity index (χ4n) is 21.3. The molecule has 0 atom stereocenters. The summed E-state index contributed by atoms with van der Waals surface area (Å²) in [5.41, 5.74) is 43.3. The van der Waals surface area contributed by atoms with E-state index in [0.717, 1.165) is 0 Å². The van der Waals surface area contributed by atoms with Crippen LogP contribution in [0, 0.1) is 0 Å². The molecule has 0 heterocycles. The van der Waals surface area contributed by atoms with Gasteiger partial charge in [0.25, 0.3) is 0 Å². The molecular weight excluding hydrogens is 1170 g/mol. The highest BCUT2D eigenvalue weighted by Gasteiger charge is 2.49. The molecule has 0 unspecified atom stereocenters. The topological polar surface area (TPSA) is 0 Å². The van der Waals surface area contributed by atoms with Gasteiger partial charge in [0.05, 0.1) is 0 Å². The van der Waals surface area contributed by atoms with Crippen molar-refractivity contribution in [3.8, 4) is 100 Å². The van der Waals surface area contributed by atoms with Crippen LogP contribution < -0.4 is 0 Å². The minimum Gasteiger partial charge on any atom is -0.0619 e. The molecule has 466 valence electrons. The zero-order valence-corrected chi connectivity index (χ0v) is 58.3. The van der Waals surface area contributed by atoms with Crippen molar-refractivity contribution in [3.63, 3.8) is 0 Å². The van der Waals surface area contributed by atoms with Crippen LogP contribution >= 0.6 is 0 Å². The normalized spacial score (nSPS) is 17.8. The van der Waals surface area contributed by atoms with Crippen molar-refractivity contribution in [2.24, 2.45) is 0 Å². The van der Waals surface area contributed by atoms with Gasteiger partial charge < -0.3 is 0 Å². The standard InChI is InChI=1S/C97H78/c1-91(2)73-37-25-23-31-55(73)65-43-79-69(47-75(65)91)87-57-33-19-15-27-51(57)61(39-83(87)94(79,7)8)63-41-85-89(59-35-21-17-29-53(59)63)71-49-77-67(45-81(71)96(85,11)12)68-46-82-72(50-78(68)93(77,5)6)90-60-36-22-18-30-54(60)64(42-86(90)97(82,13)14)62-40-84-88(58-34-20-16-28-52(58)62)70-48-76-66(44-80(70)95(84,9)10)56-32-24-26-38-74(56)92(76,3)4/h15-50H,1-14H3. The zero-order valence-electron chi connectivity index (χ0n) is 58.3. The van der Waals surface area contributed by atoms with Gasteiger partial charge in [-0.05, 0) is 294 Å². The van der Waals surface area contributed by atoms with Crippen LogP contribution in [0.25, 0.3) is 143 Å². The van der Waals surface area contributed by atoms with E-state index in [1.165, 1.54) is 221 Å². The summed E-state index contributed by atoms with van der Waals surface area (Å²) >= 11 is 0. The van der Waals surface area contributed by atoms with E-state index in [1.807, 2.05) is 0 Å². The lowest BCUT2D eigenvalue weighted by Crippen LogP contribution is -2.17. The van der Waals surface area contributed by atoms with Crippen LogP contribution in [0.4, 0.5) is 0 Å². The van der Waals surface area contributed by atoms with E-state index in [2.05, 4.69) is 315 Å². The van der Waals surface area contributed by atoms with E-state index < -0.39 is 0 Å². The van der Waals surface area contributed by atoms with Crippen LogP contribution in [0.15, 0.2) is 218 Å². The molecule has 0 amide bonds. The highest BCUT2D eigenvalue weighted by molar-refractivity contribution is 6.19. The van der Waals surface area contributed by atoms with Crippen LogP contribution in [0.2, 0.25) is 0 Å². The molecule has 0 aromatic heterocycles. The maximum Gasteiger partial charge on any atom is 0.0159 e. The van der Waals surface area contributed by atoms with Gasteiger partial charge in [-0.3, -0.25) is 0 Å². The maximum absolute atomic E-state index is 2.65. The Hall–Kier alpha value is -9.88. The van der Waals surface area contributed by atoms with Gasteiger partial charge in [-0.25, -0.2) is 0 Å². The number of fused-ring (bicyclic) bond motifs is 29. The minimum atomic E-state index is -0.276. The first kappa shape index (κ1) is 56.3. The molecule has 0 radical (unpaired) electrons. The summed E-state index contributed by atoms with van der Waals surface area (Å²) in [4.78, 5) is 0. The molecule has 0 nitrogen and oxygen atoms in total. The second-order valence-corrected chi connectivity index (χ2v) is 33.8. The van der Waals surface area contributed by atoms with Gasteiger partial charge in [-0.1, -0.05) is 243 Å². The van der Waals surface area contributed by atoms with Gasteiger partial charge in [0.15, 0.2) is 0 Å². The lowest BCUT2D eigenvalue weighted by atomic mass is 9.77. The molecule has 0 N–H and O–H groups in total. The van der Waals surface area contributed by atoms with Crippen molar-refractivity contribution in [1.29, 1.82) is 0 Å². The Bertz CT molecular complexity index is 5760. The molecule has 0 aliphatic heterocycles. The molecule has 14 aromatic rings. The van der Waals surface area contributed by atoms with Gasteiger partial charge in [0.1, 0.15) is 0 Å². The largest absolute Gasteiger partial charge is 0.0619 e. The smallest absolute Gasteiger partial charge is 0.0159 e. The molecule has 0 spiro atoms. The molecule has 0 heteroatoms. The fourth-order valence-corrected chi connectivity index (χ4v) is 21.3. The number of benzene rings is 14. The van der Waals surface area contributed by atoms with Crippen molar-refractivity contribution < 1.29 is 0 Å². The summed E-state index contributed by atoms with van der Waals surface area (Å²) in [6, 6.07) is 86.9. The summed E-state index contributed by atoms with van der Waals surface area (Å²) in [6.07, 6.45) is 0. The average Bonchev–Trinajstić information content (AvgIpc) is 1.48. The van der Waals surface area contributed by atoms with Gasteiger partial charge in [0, 0.05) is 37.9 Å². The summed E-state index contributed by atoms with van der Waals surface area (Å²) in [7, 11) is 0. The maximum atomic E-state index is 2.65. The molecule has 21 rings (SSSR count). The zero-order chi connectivity index (χ0) is 66.0. The average molecular weight is 1240 g/mol. The van der Waals surface area contributed by atoms with E-state index in [4.69, 9.17) is 0 Å². The third-order valence-corrected chi connectivity index (χ3v) is 26.6. The first-order valence-corrected chi connectivity index (χ1v) is 35.6. The highest BCUT2D eigenvalue weighted by Crippen LogP contribution is 2.65. The quantitative estimate of drug-likeness (QED) is 0.162. The van der Waals surface area contributed by atoms with Gasteiger partial charge >= 0.3 is 0 Å². The molecule has 0 bridgehead atoms. The van der Waals surface area contributed by atoms with Gasteiger partial charge in [-0.15, -0.1) is 0 Å². The molecule has 97 heavy (non-hydrogen) atoms. The predicted octanol–water partition coefficient (Wildman–Crippen LogP) is 25.8. The molecule has 0 saturated heterocycles. The van der Waals surface area contributed by atoms with E-state index >= 15 is 0 Å². The molecule has 7 aliphatic rings. The molecule has 0 fully saturated rings. The van der Waals surface area contributed by atoms with Crippen molar-refractivity contribution in [2.75, 3.05) is 0 Å². The Balaban J connectivity index is 0.697. The van der Waals surface area contributed by atoms with Crippen LogP contribution in [-0.4, -0.2) is 0 Å². The Kier molecular flexibility index (Phi) is 10.2. The predicted molar refractivity (Wildman–Crippen MR) is 410 cm³/mol. The molecule has 7 aliphatic carbocycles. The second-order valence-electron chi connectivity index (χ2n) is 33.8. The van der Waals surface area contributed by atoms with Crippen molar-refractivity contribution in [3.05, 3.63) is 296 Å². The van der Waals surface area contributed by atoms with Gasteiger partial charge in [-0.2, -0.15) is 0 Å².